The number of hydrogen-bond acceptors (Lipinski definition) is 6. The van der Waals surface area contributed by atoms with E-state index in [0.29, 0.717) is 30.3 Å². The van der Waals surface area contributed by atoms with Gasteiger partial charge >= 0.3 is 0 Å². The molecule has 0 aliphatic carbocycles. The van der Waals surface area contributed by atoms with Crippen molar-refractivity contribution in [1.82, 2.24) is 25.0 Å². The molecule has 2 aromatic heterocycles. The number of benzene rings is 1. The monoisotopic (exact) mass is 284 g/mol. The molecule has 1 atom stereocenters. The summed E-state index contributed by atoms with van der Waals surface area (Å²) in [7, 11) is 0. The number of aliphatic hydroxyl groups is 1. The van der Waals surface area contributed by atoms with Crippen LogP contribution in [0.4, 0.5) is 5.82 Å². The van der Waals surface area contributed by atoms with Gasteiger partial charge in [0.1, 0.15) is 18.1 Å². The predicted octanol–water partition coefficient (Wildman–Crippen LogP) is 1.30. The van der Waals surface area contributed by atoms with E-state index in [1.165, 1.54) is 0 Å². The molecule has 21 heavy (non-hydrogen) atoms. The molecule has 3 rings (SSSR count). The Hall–Kier alpha value is -2.54. The largest absolute Gasteiger partial charge is 0.387 e. The fourth-order valence-electron chi connectivity index (χ4n) is 2.12. The van der Waals surface area contributed by atoms with Gasteiger partial charge in [-0.15, -0.1) is 5.10 Å². The van der Waals surface area contributed by atoms with E-state index in [2.05, 4.69) is 20.3 Å². The highest BCUT2D eigenvalue weighted by atomic mass is 16.3. The van der Waals surface area contributed by atoms with Crippen molar-refractivity contribution in [3.05, 3.63) is 42.0 Å². The van der Waals surface area contributed by atoms with E-state index in [9.17, 15) is 5.11 Å². The van der Waals surface area contributed by atoms with Gasteiger partial charge in [0.25, 0.3) is 0 Å². The Balaban J connectivity index is 1.89. The van der Waals surface area contributed by atoms with Gasteiger partial charge in [-0.05, 0) is 18.6 Å². The van der Waals surface area contributed by atoms with Crippen molar-refractivity contribution < 1.29 is 5.11 Å². The standard InChI is InChI=1S/C14H16N6O/c1-2-12(21)11-7-20(19-18-11)8-13-16-10-6-4-3-5-9(10)14(15)17-13/h3-7,12,21H,2,8H2,1H3,(H2,15,16,17). The first-order chi connectivity index (χ1) is 10.2. The minimum Gasteiger partial charge on any atom is -0.387 e. The second kappa shape index (κ2) is 5.45. The Bertz CT molecular complexity index is 769. The van der Waals surface area contributed by atoms with Crippen LogP contribution in [0.1, 0.15) is 31.0 Å². The van der Waals surface area contributed by atoms with Crippen molar-refractivity contribution in [2.24, 2.45) is 0 Å². The summed E-state index contributed by atoms with van der Waals surface area (Å²) < 4.78 is 1.60. The van der Waals surface area contributed by atoms with Crippen LogP contribution in [0.25, 0.3) is 10.9 Å². The fourth-order valence-corrected chi connectivity index (χ4v) is 2.12. The number of aliphatic hydroxyl groups excluding tert-OH is 1. The SMILES string of the molecule is CCC(O)c1cn(Cc2nc(N)c3ccccc3n2)nn1. The maximum absolute atomic E-state index is 9.73. The molecule has 0 spiro atoms. The van der Waals surface area contributed by atoms with Crippen LogP contribution in [-0.4, -0.2) is 30.1 Å². The van der Waals surface area contributed by atoms with Crippen LogP contribution < -0.4 is 5.73 Å². The van der Waals surface area contributed by atoms with Crippen molar-refractivity contribution in [3.8, 4) is 0 Å². The van der Waals surface area contributed by atoms with Crippen LogP contribution in [0, 0.1) is 0 Å². The van der Waals surface area contributed by atoms with E-state index in [-0.39, 0.29) is 0 Å². The lowest BCUT2D eigenvalue weighted by atomic mass is 10.2. The third-order valence-electron chi connectivity index (χ3n) is 3.27. The Morgan fingerprint density at radius 3 is 2.90 bits per heavy atom. The third kappa shape index (κ3) is 2.68. The maximum atomic E-state index is 9.73. The summed E-state index contributed by atoms with van der Waals surface area (Å²) >= 11 is 0. The molecule has 0 amide bonds. The average Bonchev–Trinajstić information content (AvgIpc) is 2.95. The number of para-hydroxylation sites is 1. The van der Waals surface area contributed by atoms with Gasteiger partial charge < -0.3 is 10.8 Å². The highest BCUT2D eigenvalue weighted by Crippen LogP contribution is 2.17. The minimum absolute atomic E-state index is 0.360. The molecule has 2 heterocycles. The smallest absolute Gasteiger partial charge is 0.152 e. The third-order valence-corrected chi connectivity index (χ3v) is 3.27. The lowest BCUT2D eigenvalue weighted by Gasteiger charge is -2.05. The van der Waals surface area contributed by atoms with E-state index >= 15 is 0 Å². The lowest BCUT2D eigenvalue weighted by molar-refractivity contribution is 0.168. The van der Waals surface area contributed by atoms with E-state index in [1.54, 1.807) is 10.9 Å². The quantitative estimate of drug-likeness (QED) is 0.748. The molecular formula is C14H16N6O. The normalized spacial score (nSPS) is 12.7. The van der Waals surface area contributed by atoms with Crippen LogP contribution in [0.5, 0.6) is 0 Å². The number of fused-ring (bicyclic) bond motifs is 1. The molecule has 3 aromatic rings. The van der Waals surface area contributed by atoms with Gasteiger partial charge in [-0.25, -0.2) is 14.6 Å². The van der Waals surface area contributed by atoms with E-state index in [0.717, 1.165) is 10.9 Å². The van der Waals surface area contributed by atoms with Crippen LogP contribution >= 0.6 is 0 Å². The molecule has 3 N–H and O–H groups in total. The zero-order chi connectivity index (χ0) is 14.8. The van der Waals surface area contributed by atoms with Crippen molar-refractivity contribution in [3.63, 3.8) is 0 Å². The molecule has 0 fully saturated rings. The van der Waals surface area contributed by atoms with Gasteiger partial charge in [-0.1, -0.05) is 24.3 Å². The van der Waals surface area contributed by atoms with Gasteiger partial charge in [0.2, 0.25) is 0 Å². The van der Waals surface area contributed by atoms with Crippen molar-refractivity contribution in [1.29, 1.82) is 0 Å². The topological polar surface area (TPSA) is 103 Å². The molecule has 0 saturated carbocycles. The molecule has 7 nitrogen and oxygen atoms in total. The summed E-state index contributed by atoms with van der Waals surface area (Å²) in [6.07, 6.45) is 1.70. The molecule has 0 radical (unpaired) electrons. The second-order valence-electron chi connectivity index (χ2n) is 4.81. The van der Waals surface area contributed by atoms with Gasteiger partial charge in [0.15, 0.2) is 5.82 Å². The number of nitrogens with zero attached hydrogens (tertiary/aromatic N) is 5. The molecule has 1 unspecified atom stereocenters. The lowest BCUT2D eigenvalue weighted by Crippen LogP contribution is -2.07. The average molecular weight is 284 g/mol. The van der Waals surface area contributed by atoms with Gasteiger partial charge in [-0.2, -0.15) is 0 Å². The number of hydrogen-bond donors (Lipinski definition) is 2. The molecule has 7 heteroatoms. The number of nitrogen functional groups attached to an aromatic ring is 1. The van der Waals surface area contributed by atoms with Gasteiger partial charge in [-0.3, -0.25) is 0 Å². The van der Waals surface area contributed by atoms with Gasteiger partial charge in [0.05, 0.1) is 17.8 Å². The summed E-state index contributed by atoms with van der Waals surface area (Å²) in [4.78, 5) is 8.75. The second-order valence-corrected chi connectivity index (χ2v) is 4.81. The predicted molar refractivity (Wildman–Crippen MR) is 78.3 cm³/mol. The Morgan fingerprint density at radius 2 is 2.10 bits per heavy atom. The minimum atomic E-state index is -0.596. The fraction of sp³-hybridized carbons (Fsp3) is 0.286. The van der Waals surface area contributed by atoms with E-state index in [4.69, 9.17) is 5.73 Å². The molecule has 108 valence electrons. The van der Waals surface area contributed by atoms with Crippen molar-refractivity contribution in [2.75, 3.05) is 5.73 Å². The molecule has 1 aromatic carbocycles. The molecular weight excluding hydrogens is 268 g/mol. The van der Waals surface area contributed by atoms with Crippen LogP contribution in [0.3, 0.4) is 0 Å². The summed E-state index contributed by atoms with van der Waals surface area (Å²) in [5.41, 5.74) is 7.30. The zero-order valence-corrected chi connectivity index (χ0v) is 11.6. The molecule has 0 aliphatic heterocycles. The summed E-state index contributed by atoms with van der Waals surface area (Å²) in [6.45, 7) is 2.25. The zero-order valence-electron chi connectivity index (χ0n) is 11.6. The highest BCUT2D eigenvalue weighted by molar-refractivity contribution is 5.87. The summed E-state index contributed by atoms with van der Waals surface area (Å²) in [5.74, 6) is 1.01. The van der Waals surface area contributed by atoms with Crippen LogP contribution in [0.15, 0.2) is 30.5 Å². The van der Waals surface area contributed by atoms with E-state index < -0.39 is 6.10 Å². The molecule has 0 bridgehead atoms. The first kappa shape index (κ1) is 13.4. The highest BCUT2D eigenvalue weighted by Gasteiger charge is 2.11. The number of anilines is 1. The number of aromatic nitrogens is 5. The Morgan fingerprint density at radius 1 is 1.29 bits per heavy atom. The summed E-state index contributed by atoms with van der Waals surface area (Å²) in [6, 6.07) is 7.59. The van der Waals surface area contributed by atoms with E-state index in [1.807, 2.05) is 31.2 Å². The Kier molecular flexibility index (Phi) is 3.49. The summed E-state index contributed by atoms with van der Waals surface area (Å²) in [5, 5.41) is 18.5. The first-order valence-electron chi connectivity index (χ1n) is 6.76. The number of rotatable bonds is 4. The Labute approximate surface area is 121 Å². The van der Waals surface area contributed by atoms with Crippen molar-refractivity contribution >= 4 is 16.7 Å². The van der Waals surface area contributed by atoms with Gasteiger partial charge in [0, 0.05) is 5.39 Å². The van der Waals surface area contributed by atoms with Crippen LogP contribution in [-0.2, 0) is 6.54 Å². The van der Waals surface area contributed by atoms with Crippen LogP contribution in [0.2, 0.25) is 0 Å². The number of nitrogens with two attached hydrogens (primary N) is 1. The maximum Gasteiger partial charge on any atom is 0.152 e. The van der Waals surface area contributed by atoms with Crippen molar-refractivity contribution in [2.45, 2.75) is 26.0 Å². The molecule has 0 saturated heterocycles. The molecule has 0 aliphatic rings. The first-order valence-corrected chi connectivity index (χ1v) is 6.76.